The monoisotopic (exact) mass is 950 g/mol. The van der Waals surface area contributed by atoms with Crippen LogP contribution in [0.5, 0.6) is 0 Å². The summed E-state index contributed by atoms with van der Waals surface area (Å²) < 4.78 is 36.8. The van der Waals surface area contributed by atoms with Gasteiger partial charge in [-0.15, -0.1) is 18.2 Å². The standard InChI is InChI=1S/C29H17N2S.C18H24GeN.Ir/c1-2-9-20-18-21(17-16-19(20)8-1)31-26-14-5-4-13-25(26)30-29(31)24-12-7-11-23-22-10-3-6-15-27(22)32-28(23)24;1-13(2)16-11-18(15-9-7-14(3)8-10-15)20-12-17(16)19(4,5)6;/h1-11,13-18H;7-9,11-13H,1-6H3;/q2*-1;/i;3D3,13D;. The average molecular weight is 949 g/mol. The summed E-state index contributed by atoms with van der Waals surface area (Å²) in [5.41, 5.74) is 7.01. The molecule has 3 aromatic heterocycles. The van der Waals surface area contributed by atoms with Crippen molar-refractivity contribution in [2.75, 3.05) is 0 Å². The van der Waals surface area contributed by atoms with Gasteiger partial charge in [0, 0.05) is 30.5 Å². The molecule has 0 atom stereocenters. The SMILES string of the molecule is [2H]C([2H])([2H])c1c[c-]c(-c2cc(C([2H])(C)C)[c]([Ge]([CH3])([CH3])[CH3])cn2)cc1.[Ir].[c-]1ccc2c(sc3ccccc32)c1-c1nc2ccccc2n1-c1ccc2ccccc2c1. The Balaban J connectivity index is 0.000000179. The van der Waals surface area contributed by atoms with Gasteiger partial charge in [0.1, 0.15) is 0 Å². The van der Waals surface area contributed by atoms with Crippen molar-refractivity contribution < 1.29 is 25.6 Å². The number of aryl methyl sites for hydroxylation is 1. The Bertz CT molecular complexity index is 2890. The van der Waals surface area contributed by atoms with E-state index in [2.05, 4.69) is 130 Å². The summed E-state index contributed by atoms with van der Waals surface area (Å²) in [7, 11) is 0. The van der Waals surface area contributed by atoms with Crippen LogP contribution in [0.1, 0.15) is 36.4 Å². The fourth-order valence-corrected chi connectivity index (χ4v) is 11.3. The fraction of sp³-hybridized carbons (Fsp3) is 0.149. The first-order chi connectivity index (χ1) is 26.7. The Morgan fingerprint density at radius 3 is 2.36 bits per heavy atom. The summed E-state index contributed by atoms with van der Waals surface area (Å²) in [6.45, 7) is 1.66. The first-order valence-corrected chi connectivity index (χ1v) is 25.7. The minimum absolute atomic E-state index is 0. The molecule has 6 heteroatoms. The van der Waals surface area contributed by atoms with Crippen molar-refractivity contribution in [3.8, 4) is 28.3 Å². The Morgan fingerprint density at radius 2 is 1.58 bits per heavy atom. The molecule has 0 aliphatic carbocycles. The largest absolute Gasteiger partial charge is 0.333 e. The minimum Gasteiger partial charge on any atom is -0.333 e. The fourth-order valence-electron chi connectivity index (χ4n) is 6.83. The molecule has 1 radical (unpaired) electrons. The van der Waals surface area contributed by atoms with E-state index in [1.807, 2.05) is 49.6 Å². The molecule has 9 aromatic rings. The van der Waals surface area contributed by atoms with E-state index in [1.165, 1.54) is 41.4 Å². The number of aromatic nitrogens is 3. The molecule has 3 heterocycles. The molecular formula is C47H41GeIrN3S-2. The van der Waals surface area contributed by atoms with E-state index in [1.54, 1.807) is 12.1 Å². The van der Waals surface area contributed by atoms with Gasteiger partial charge in [0.15, 0.2) is 0 Å². The van der Waals surface area contributed by atoms with Gasteiger partial charge < -0.3 is 4.57 Å². The Labute approximate surface area is 338 Å². The molecule has 0 fully saturated rings. The van der Waals surface area contributed by atoms with E-state index < -0.39 is 26.0 Å². The molecule has 0 aliphatic heterocycles. The van der Waals surface area contributed by atoms with Crippen molar-refractivity contribution in [3.63, 3.8) is 0 Å². The number of pyridine rings is 1. The van der Waals surface area contributed by atoms with E-state index in [0.717, 1.165) is 44.9 Å². The van der Waals surface area contributed by atoms with Gasteiger partial charge in [0.25, 0.3) is 0 Å². The van der Waals surface area contributed by atoms with E-state index in [-0.39, 0.29) is 25.7 Å². The van der Waals surface area contributed by atoms with Crippen LogP contribution in [0.15, 0.2) is 134 Å². The molecule has 0 unspecified atom stereocenters. The number of rotatable bonds is 5. The number of hydrogen-bond donors (Lipinski definition) is 0. The maximum atomic E-state index is 8.49. The first-order valence-electron chi connectivity index (χ1n) is 19.5. The number of fused-ring (bicyclic) bond motifs is 5. The number of benzene rings is 6. The van der Waals surface area contributed by atoms with Crippen molar-refractivity contribution in [2.45, 2.75) is 43.9 Å². The van der Waals surface area contributed by atoms with Gasteiger partial charge >= 0.3 is 131 Å². The third kappa shape index (κ3) is 7.28. The zero-order valence-corrected chi connectivity index (χ0v) is 35.6. The number of nitrogens with zero attached hydrogens (tertiary/aromatic N) is 3. The second kappa shape index (κ2) is 15.2. The van der Waals surface area contributed by atoms with Crippen molar-refractivity contribution >= 4 is 71.0 Å². The molecule has 0 spiro atoms. The van der Waals surface area contributed by atoms with Gasteiger partial charge in [-0.2, -0.15) is 11.3 Å². The topological polar surface area (TPSA) is 30.7 Å². The molecule has 0 bridgehead atoms. The summed E-state index contributed by atoms with van der Waals surface area (Å²) in [4.78, 5) is 9.67. The quantitative estimate of drug-likeness (QED) is 0.127. The maximum Gasteiger partial charge on any atom is 0.0774 e. The molecular weight excluding hydrogens is 903 g/mol. The Hall–Kier alpha value is -4.39. The summed E-state index contributed by atoms with van der Waals surface area (Å²) in [6.07, 6.45) is 1.91. The molecule has 9 rings (SSSR count). The van der Waals surface area contributed by atoms with Crippen LogP contribution in [0.4, 0.5) is 0 Å². The molecule has 0 saturated carbocycles. The van der Waals surface area contributed by atoms with Gasteiger partial charge in [0.2, 0.25) is 0 Å². The minimum atomic E-state index is -2.14. The molecule has 0 amide bonds. The van der Waals surface area contributed by atoms with Crippen LogP contribution in [0, 0.1) is 19.0 Å². The van der Waals surface area contributed by atoms with Crippen LogP contribution >= 0.6 is 11.3 Å². The van der Waals surface area contributed by atoms with Gasteiger partial charge in [-0.25, -0.2) is 0 Å². The zero-order valence-electron chi connectivity index (χ0n) is 34.3. The van der Waals surface area contributed by atoms with Crippen LogP contribution in [0.3, 0.4) is 0 Å². The normalized spacial score (nSPS) is 13.2. The summed E-state index contributed by atoms with van der Waals surface area (Å²) in [5.74, 6) is 7.11. The van der Waals surface area contributed by atoms with E-state index in [4.69, 9.17) is 10.5 Å². The van der Waals surface area contributed by atoms with Gasteiger partial charge in [-0.1, -0.05) is 71.6 Å². The van der Waals surface area contributed by atoms with Gasteiger partial charge in [0.05, 0.1) is 16.9 Å². The predicted molar refractivity (Wildman–Crippen MR) is 226 cm³/mol. The molecule has 6 aromatic carbocycles. The zero-order chi connectivity index (χ0) is 39.4. The molecule has 3 nitrogen and oxygen atoms in total. The van der Waals surface area contributed by atoms with Crippen molar-refractivity contribution in [2.24, 2.45) is 0 Å². The maximum absolute atomic E-state index is 8.49. The van der Waals surface area contributed by atoms with Crippen LogP contribution in [0.2, 0.25) is 17.3 Å². The average Bonchev–Trinajstić information content (AvgIpc) is 3.76. The third-order valence-corrected chi connectivity index (χ3v) is 14.9. The predicted octanol–water partition coefficient (Wildman–Crippen LogP) is 12.5. The smallest absolute Gasteiger partial charge is 0.0774 e. The van der Waals surface area contributed by atoms with Crippen LogP contribution in [-0.2, 0) is 20.1 Å². The number of hydrogen-bond acceptors (Lipinski definition) is 3. The van der Waals surface area contributed by atoms with Crippen LogP contribution < -0.4 is 4.40 Å². The van der Waals surface area contributed by atoms with Gasteiger partial charge in [-0.3, -0.25) is 4.98 Å². The van der Waals surface area contributed by atoms with E-state index in [0.29, 0.717) is 0 Å². The number of imidazole rings is 1. The van der Waals surface area contributed by atoms with Crippen molar-refractivity contribution in [1.82, 2.24) is 14.5 Å². The Morgan fingerprint density at radius 1 is 0.811 bits per heavy atom. The summed E-state index contributed by atoms with van der Waals surface area (Å²) >= 11 is -0.326. The molecule has 265 valence electrons. The molecule has 0 N–H and O–H groups in total. The summed E-state index contributed by atoms with van der Waals surface area (Å²) in [6, 6.07) is 49.6. The second-order valence-corrected chi connectivity index (χ2v) is 26.0. The van der Waals surface area contributed by atoms with E-state index >= 15 is 0 Å². The van der Waals surface area contributed by atoms with Crippen molar-refractivity contribution in [1.29, 1.82) is 0 Å². The van der Waals surface area contributed by atoms with Crippen molar-refractivity contribution in [3.05, 3.63) is 157 Å². The van der Waals surface area contributed by atoms with Crippen LogP contribution in [-0.4, -0.2) is 27.8 Å². The third-order valence-electron chi connectivity index (χ3n) is 9.45. The molecule has 0 saturated heterocycles. The van der Waals surface area contributed by atoms with Gasteiger partial charge in [-0.05, 0) is 51.2 Å². The molecule has 0 aliphatic rings. The Kier molecular flexibility index (Phi) is 9.17. The first kappa shape index (κ1) is 32.1. The van der Waals surface area contributed by atoms with Crippen LogP contribution in [0.25, 0.3) is 70.3 Å². The van der Waals surface area contributed by atoms with E-state index in [9.17, 15) is 0 Å². The number of para-hydroxylation sites is 2. The molecule has 53 heavy (non-hydrogen) atoms. The number of thiophene rings is 1. The second-order valence-electron chi connectivity index (χ2n) is 14.3. The summed E-state index contributed by atoms with van der Waals surface area (Å²) in [5, 5.41) is 5.01.